The molecule has 0 aliphatic heterocycles. The van der Waals surface area contributed by atoms with Crippen molar-refractivity contribution in [3.8, 4) is 11.1 Å². The number of nitrogens with one attached hydrogen (secondary N) is 3. The molecule has 162 valence electrons. The fourth-order valence-corrected chi connectivity index (χ4v) is 3.94. The van der Waals surface area contributed by atoms with E-state index >= 15 is 4.39 Å². The van der Waals surface area contributed by atoms with Crippen molar-refractivity contribution < 1.29 is 14.0 Å². The summed E-state index contributed by atoms with van der Waals surface area (Å²) in [5.41, 5.74) is 2.92. The van der Waals surface area contributed by atoms with Gasteiger partial charge in [-0.25, -0.2) is 4.39 Å². The molecule has 3 N–H and O–H groups in total. The zero-order chi connectivity index (χ0) is 22.8. The first-order valence-corrected chi connectivity index (χ1v) is 10.5. The topological polar surface area (TPSA) is 74.0 Å². The third-order valence-corrected chi connectivity index (χ3v) is 5.70. The molecular formula is C24H18Cl2FN3O2. The van der Waals surface area contributed by atoms with Gasteiger partial charge in [-0.1, -0.05) is 47.5 Å². The van der Waals surface area contributed by atoms with Gasteiger partial charge in [0, 0.05) is 45.7 Å². The zero-order valence-electron chi connectivity index (χ0n) is 16.9. The van der Waals surface area contributed by atoms with Crippen LogP contribution >= 0.6 is 23.2 Å². The van der Waals surface area contributed by atoms with E-state index in [0.29, 0.717) is 43.3 Å². The largest absolute Gasteiger partial charge is 0.354 e. The number of hydrogen-bond acceptors (Lipinski definition) is 2. The molecule has 0 unspecified atom stereocenters. The molecule has 0 aliphatic rings. The van der Waals surface area contributed by atoms with Crippen LogP contribution in [0.15, 0.2) is 60.7 Å². The Morgan fingerprint density at radius 1 is 0.969 bits per heavy atom. The highest BCUT2D eigenvalue weighted by Gasteiger charge is 2.16. The number of fused-ring (bicyclic) bond motifs is 1. The second kappa shape index (κ2) is 9.02. The second-order valence-corrected chi connectivity index (χ2v) is 7.99. The monoisotopic (exact) mass is 469 g/mol. The summed E-state index contributed by atoms with van der Waals surface area (Å²) in [4.78, 5) is 27.5. The fraction of sp³-hybridized carbons (Fsp3) is 0.0833. The Balaban J connectivity index is 1.59. The molecule has 0 radical (unpaired) electrons. The van der Waals surface area contributed by atoms with Crippen LogP contribution in [0.3, 0.4) is 0 Å². The molecule has 32 heavy (non-hydrogen) atoms. The summed E-state index contributed by atoms with van der Waals surface area (Å²) in [6.07, 6.45) is 0. The Bertz CT molecular complexity index is 1350. The molecule has 0 spiro atoms. The van der Waals surface area contributed by atoms with E-state index in [-0.39, 0.29) is 18.0 Å². The smallest absolute Gasteiger partial charge is 0.267 e. The minimum absolute atomic E-state index is 0.184. The van der Waals surface area contributed by atoms with Crippen LogP contribution in [-0.2, 0) is 6.54 Å². The SMILES string of the molecule is CNC(=O)c1cc2c(-c3ccc(C(=O)NCc4ccc(Cl)cc4Cl)cc3F)cccc2[nH]1. The number of aromatic amines is 1. The van der Waals surface area contributed by atoms with E-state index in [4.69, 9.17) is 23.2 Å². The maximum Gasteiger partial charge on any atom is 0.267 e. The number of benzene rings is 3. The Labute approximate surface area is 193 Å². The maximum atomic E-state index is 15.0. The van der Waals surface area contributed by atoms with E-state index in [0.717, 1.165) is 0 Å². The van der Waals surface area contributed by atoms with E-state index < -0.39 is 11.7 Å². The van der Waals surface area contributed by atoms with E-state index in [1.807, 2.05) is 6.07 Å². The highest BCUT2D eigenvalue weighted by molar-refractivity contribution is 6.35. The van der Waals surface area contributed by atoms with Crippen LogP contribution in [0.1, 0.15) is 26.4 Å². The highest BCUT2D eigenvalue weighted by Crippen LogP contribution is 2.31. The number of H-pyrrole nitrogens is 1. The normalized spacial score (nSPS) is 10.9. The Morgan fingerprint density at radius 3 is 2.50 bits per heavy atom. The molecule has 4 rings (SSSR count). The van der Waals surface area contributed by atoms with Crippen molar-refractivity contribution in [2.24, 2.45) is 0 Å². The lowest BCUT2D eigenvalue weighted by Gasteiger charge is -2.10. The Hall–Kier alpha value is -3.35. The second-order valence-electron chi connectivity index (χ2n) is 7.14. The molecule has 0 atom stereocenters. The molecule has 0 bridgehead atoms. The average Bonchev–Trinajstić information content (AvgIpc) is 3.22. The van der Waals surface area contributed by atoms with Gasteiger partial charge in [-0.3, -0.25) is 9.59 Å². The van der Waals surface area contributed by atoms with Gasteiger partial charge in [0.05, 0.1) is 0 Å². The number of carbonyl (C=O) groups is 2. The maximum absolute atomic E-state index is 15.0. The first kappa shape index (κ1) is 21.9. The van der Waals surface area contributed by atoms with Crippen molar-refractivity contribution in [3.05, 3.63) is 93.3 Å². The molecular weight excluding hydrogens is 452 g/mol. The van der Waals surface area contributed by atoms with Crippen molar-refractivity contribution in [1.82, 2.24) is 15.6 Å². The molecule has 5 nitrogen and oxygen atoms in total. The number of carbonyl (C=O) groups excluding carboxylic acids is 2. The number of halogens is 3. The minimum Gasteiger partial charge on any atom is -0.354 e. The summed E-state index contributed by atoms with van der Waals surface area (Å²) in [6, 6.07) is 16.3. The lowest BCUT2D eigenvalue weighted by atomic mass is 9.99. The van der Waals surface area contributed by atoms with Gasteiger partial charge < -0.3 is 15.6 Å². The van der Waals surface area contributed by atoms with Crippen LogP contribution < -0.4 is 10.6 Å². The third-order valence-electron chi connectivity index (χ3n) is 5.11. The van der Waals surface area contributed by atoms with Crippen molar-refractivity contribution >= 4 is 45.9 Å². The number of amides is 2. The Kier molecular flexibility index (Phi) is 6.17. The van der Waals surface area contributed by atoms with Crippen molar-refractivity contribution in [3.63, 3.8) is 0 Å². The van der Waals surface area contributed by atoms with Gasteiger partial charge in [0.1, 0.15) is 11.5 Å². The van der Waals surface area contributed by atoms with Gasteiger partial charge in [0.15, 0.2) is 0 Å². The van der Waals surface area contributed by atoms with Crippen molar-refractivity contribution in [1.29, 1.82) is 0 Å². The molecule has 3 aromatic carbocycles. The summed E-state index contributed by atoms with van der Waals surface area (Å²) in [6.45, 7) is 0.184. The standard InChI is InChI=1S/C24H18Cl2FN3O2/c1-28-24(32)22-11-18-16(3-2-4-21(18)30-22)17-8-6-13(9-20(17)27)23(31)29-12-14-5-7-15(25)10-19(14)26/h2-11,30H,12H2,1H3,(H,28,32)(H,29,31). The average molecular weight is 470 g/mol. The highest BCUT2D eigenvalue weighted by atomic mass is 35.5. The molecule has 8 heteroatoms. The first-order valence-electron chi connectivity index (χ1n) is 9.73. The fourth-order valence-electron chi connectivity index (χ4n) is 3.46. The molecule has 4 aromatic rings. The van der Waals surface area contributed by atoms with Gasteiger partial charge in [0.25, 0.3) is 11.8 Å². The molecule has 0 fully saturated rings. The number of hydrogen-bond donors (Lipinski definition) is 3. The quantitative estimate of drug-likeness (QED) is 0.357. The number of aromatic nitrogens is 1. The van der Waals surface area contributed by atoms with Crippen molar-refractivity contribution in [2.45, 2.75) is 6.54 Å². The summed E-state index contributed by atoms with van der Waals surface area (Å²) in [7, 11) is 1.54. The van der Waals surface area contributed by atoms with Crippen LogP contribution in [0.4, 0.5) is 4.39 Å². The summed E-state index contributed by atoms with van der Waals surface area (Å²) < 4.78 is 15.0. The van der Waals surface area contributed by atoms with Crippen LogP contribution in [0.5, 0.6) is 0 Å². The predicted molar refractivity (Wildman–Crippen MR) is 125 cm³/mol. The molecule has 0 saturated carbocycles. The van der Waals surface area contributed by atoms with E-state index in [2.05, 4.69) is 15.6 Å². The van der Waals surface area contributed by atoms with Crippen LogP contribution in [0.25, 0.3) is 22.0 Å². The van der Waals surface area contributed by atoms with Gasteiger partial charge in [-0.15, -0.1) is 0 Å². The Morgan fingerprint density at radius 2 is 1.78 bits per heavy atom. The van der Waals surface area contributed by atoms with E-state index in [1.54, 1.807) is 55.6 Å². The first-order chi connectivity index (χ1) is 15.4. The summed E-state index contributed by atoms with van der Waals surface area (Å²) in [5, 5.41) is 6.94. The van der Waals surface area contributed by atoms with Crippen LogP contribution in [-0.4, -0.2) is 23.8 Å². The zero-order valence-corrected chi connectivity index (χ0v) is 18.4. The van der Waals surface area contributed by atoms with Crippen LogP contribution in [0, 0.1) is 5.82 Å². The molecule has 0 aliphatic carbocycles. The van der Waals surface area contributed by atoms with Gasteiger partial charge in [-0.2, -0.15) is 0 Å². The summed E-state index contributed by atoms with van der Waals surface area (Å²) in [5.74, 6) is -1.24. The van der Waals surface area contributed by atoms with Gasteiger partial charge in [-0.05, 0) is 47.5 Å². The molecule has 1 heterocycles. The molecule has 1 aromatic heterocycles. The van der Waals surface area contributed by atoms with Crippen molar-refractivity contribution in [2.75, 3.05) is 7.05 Å². The van der Waals surface area contributed by atoms with E-state index in [1.165, 1.54) is 6.07 Å². The van der Waals surface area contributed by atoms with Gasteiger partial charge in [0.2, 0.25) is 0 Å². The minimum atomic E-state index is -0.544. The van der Waals surface area contributed by atoms with Gasteiger partial charge >= 0.3 is 0 Å². The predicted octanol–water partition coefficient (Wildman–Crippen LogP) is 5.57. The van der Waals surface area contributed by atoms with Crippen LogP contribution in [0.2, 0.25) is 10.0 Å². The number of rotatable bonds is 5. The molecule has 0 saturated heterocycles. The lowest BCUT2D eigenvalue weighted by Crippen LogP contribution is -2.23. The van der Waals surface area contributed by atoms with E-state index in [9.17, 15) is 9.59 Å². The third kappa shape index (κ3) is 4.33. The lowest BCUT2D eigenvalue weighted by molar-refractivity contribution is 0.0945. The molecule has 2 amide bonds. The summed E-state index contributed by atoms with van der Waals surface area (Å²) >= 11 is 12.0.